The molecule has 18 heavy (non-hydrogen) atoms. The smallest absolute Gasteiger partial charge is 0.338 e. The minimum absolute atomic E-state index is 0.169. The number of fused-ring (bicyclic) bond motifs is 1. The van der Waals surface area contributed by atoms with E-state index >= 15 is 0 Å². The number of rotatable bonds is 2. The molecule has 0 saturated heterocycles. The van der Waals surface area contributed by atoms with Gasteiger partial charge >= 0.3 is 5.97 Å². The average molecular weight is 249 g/mol. The van der Waals surface area contributed by atoms with Gasteiger partial charge in [-0.1, -0.05) is 0 Å². The van der Waals surface area contributed by atoms with E-state index in [2.05, 4.69) is 0 Å². The molecule has 98 valence electrons. The minimum atomic E-state index is -0.486. The van der Waals surface area contributed by atoms with Gasteiger partial charge in [-0.2, -0.15) is 0 Å². The predicted octanol–water partition coefficient (Wildman–Crippen LogP) is 2.08. The lowest BCUT2D eigenvalue weighted by molar-refractivity contribution is 0.00694. The van der Waals surface area contributed by atoms with Crippen LogP contribution in [-0.2, 0) is 4.74 Å². The fraction of sp³-hybridized carbons (Fsp3) is 0.500. The second kappa shape index (κ2) is 4.61. The molecule has 1 aliphatic rings. The van der Waals surface area contributed by atoms with E-state index in [-0.39, 0.29) is 11.9 Å². The third-order valence-electron chi connectivity index (χ3n) is 2.81. The van der Waals surface area contributed by atoms with Gasteiger partial charge in [-0.15, -0.1) is 0 Å². The molecule has 1 atom stereocenters. The van der Waals surface area contributed by atoms with Crippen molar-refractivity contribution in [2.75, 3.05) is 13.2 Å². The van der Waals surface area contributed by atoms with Crippen molar-refractivity contribution in [3.63, 3.8) is 0 Å². The Kier molecular flexibility index (Phi) is 3.30. The highest BCUT2D eigenvalue weighted by Crippen LogP contribution is 2.34. The summed E-state index contributed by atoms with van der Waals surface area (Å²) in [5.41, 5.74) is 6.74. The molecule has 1 heterocycles. The number of carbonyl (C=O) groups is 1. The lowest BCUT2D eigenvalue weighted by Crippen LogP contribution is -2.24. The zero-order valence-corrected chi connectivity index (χ0v) is 11.0. The molecule has 0 aliphatic carbocycles. The van der Waals surface area contributed by atoms with Gasteiger partial charge in [0.05, 0.1) is 12.2 Å². The Hall–Kier alpha value is -1.55. The average Bonchev–Trinajstić information content (AvgIpc) is 2.68. The SMILES string of the molecule is CC(C)(C)OC(=O)c1ccc2c(c1)C(CN)CO2. The molecule has 1 unspecified atom stereocenters. The number of hydrogen-bond acceptors (Lipinski definition) is 4. The van der Waals surface area contributed by atoms with E-state index in [1.807, 2.05) is 32.9 Å². The maximum Gasteiger partial charge on any atom is 0.338 e. The summed E-state index contributed by atoms with van der Waals surface area (Å²) >= 11 is 0. The van der Waals surface area contributed by atoms with Crippen LogP contribution in [0.5, 0.6) is 5.75 Å². The van der Waals surface area contributed by atoms with Gasteiger partial charge in [-0.25, -0.2) is 4.79 Å². The summed E-state index contributed by atoms with van der Waals surface area (Å²) in [6, 6.07) is 5.37. The molecule has 0 amide bonds. The number of esters is 1. The molecular formula is C14H19NO3. The van der Waals surface area contributed by atoms with Crippen molar-refractivity contribution in [1.82, 2.24) is 0 Å². The Morgan fingerprint density at radius 3 is 2.83 bits per heavy atom. The van der Waals surface area contributed by atoms with Crippen LogP contribution in [0.3, 0.4) is 0 Å². The first-order valence-electron chi connectivity index (χ1n) is 6.11. The standard InChI is InChI=1S/C14H19NO3/c1-14(2,3)18-13(16)9-4-5-12-11(6-9)10(7-15)8-17-12/h4-6,10H,7-8,15H2,1-3H3. The van der Waals surface area contributed by atoms with Crippen molar-refractivity contribution in [2.45, 2.75) is 32.3 Å². The van der Waals surface area contributed by atoms with Crippen LogP contribution in [0.25, 0.3) is 0 Å². The molecule has 0 spiro atoms. The van der Waals surface area contributed by atoms with Crippen LogP contribution in [-0.4, -0.2) is 24.7 Å². The van der Waals surface area contributed by atoms with E-state index in [0.29, 0.717) is 18.7 Å². The van der Waals surface area contributed by atoms with Gasteiger partial charge in [-0.3, -0.25) is 0 Å². The second-order valence-corrected chi connectivity index (χ2v) is 5.50. The van der Waals surface area contributed by atoms with Crippen LogP contribution >= 0.6 is 0 Å². The van der Waals surface area contributed by atoms with Gasteiger partial charge in [0.2, 0.25) is 0 Å². The molecule has 1 aromatic carbocycles. The Bertz CT molecular complexity index is 463. The zero-order valence-electron chi connectivity index (χ0n) is 11.0. The van der Waals surface area contributed by atoms with Crippen molar-refractivity contribution < 1.29 is 14.3 Å². The minimum Gasteiger partial charge on any atom is -0.493 e. The van der Waals surface area contributed by atoms with E-state index in [1.54, 1.807) is 6.07 Å². The number of nitrogens with two attached hydrogens (primary N) is 1. The maximum atomic E-state index is 12.0. The molecule has 2 N–H and O–H groups in total. The van der Waals surface area contributed by atoms with Crippen LogP contribution in [0.15, 0.2) is 18.2 Å². The summed E-state index contributed by atoms with van der Waals surface area (Å²) < 4.78 is 10.8. The molecule has 0 bridgehead atoms. The highest BCUT2D eigenvalue weighted by molar-refractivity contribution is 5.90. The molecule has 0 saturated carbocycles. The molecule has 4 nitrogen and oxygen atoms in total. The Labute approximate surface area is 107 Å². The van der Waals surface area contributed by atoms with E-state index in [9.17, 15) is 4.79 Å². The van der Waals surface area contributed by atoms with Gasteiger partial charge in [-0.05, 0) is 39.0 Å². The Balaban J connectivity index is 2.24. The first-order valence-corrected chi connectivity index (χ1v) is 6.11. The number of ether oxygens (including phenoxy) is 2. The summed E-state index contributed by atoms with van der Waals surface area (Å²) in [4.78, 5) is 12.0. The third kappa shape index (κ3) is 2.64. The zero-order chi connectivity index (χ0) is 13.3. The number of benzene rings is 1. The molecule has 1 aliphatic heterocycles. The molecule has 2 rings (SSSR count). The maximum absolute atomic E-state index is 12.0. The van der Waals surface area contributed by atoms with Crippen LogP contribution in [0.4, 0.5) is 0 Å². The van der Waals surface area contributed by atoms with E-state index < -0.39 is 5.60 Å². The van der Waals surface area contributed by atoms with Gasteiger partial charge in [0, 0.05) is 18.0 Å². The van der Waals surface area contributed by atoms with Gasteiger partial charge in [0.25, 0.3) is 0 Å². The van der Waals surface area contributed by atoms with Crippen LogP contribution in [0, 0.1) is 0 Å². The summed E-state index contributed by atoms with van der Waals surface area (Å²) in [6.45, 7) is 6.66. The topological polar surface area (TPSA) is 61.5 Å². The predicted molar refractivity (Wildman–Crippen MR) is 68.9 cm³/mol. The van der Waals surface area contributed by atoms with E-state index in [4.69, 9.17) is 15.2 Å². The van der Waals surface area contributed by atoms with E-state index in [0.717, 1.165) is 11.3 Å². The lowest BCUT2D eigenvalue weighted by atomic mass is 9.99. The molecule has 1 aromatic rings. The second-order valence-electron chi connectivity index (χ2n) is 5.50. The highest BCUT2D eigenvalue weighted by Gasteiger charge is 2.25. The molecule has 0 aromatic heterocycles. The van der Waals surface area contributed by atoms with Crippen molar-refractivity contribution >= 4 is 5.97 Å². The van der Waals surface area contributed by atoms with Crippen molar-refractivity contribution in [3.8, 4) is 5.75 Å². The van der Waals surface area contributed by atoms with E-state index in [1.165, 1.54) is 0 Å². The number of hydrogen-bond donors (Lipinski definition) is 1. The molecular weight excluding hydrogens is 230 g/mol. The first-order chi connectivity index (χ1) is 8.40. The normalized spacial score (nSPS) is 18.1. The lowest BCUT2D eigenvalue weighted by Gasteiger charge is -2.19. The van der Waals surface area contributed by atoms with Crippen LogP contribution < -0.4 is 10.5 Å². The van der Waals surface area contributed by atoms with Gasteiger partial charge in [0.15, 0.2) is 0 Å². The highest BCUT2D eigenvalue weighted by atomic mass is 16.6. The summed E-state index contributed by atoms with van der Waals surface area (Å²) in [5.74, 6) is 0.674. The Morgan fingerprint density at radius 1 is 1.50 bits per heavy atom. The first kappa shape index (κ1) is 12.9. The number of carbonyl (C=O) groups excluding carboxylic acids is 1. The summed E-state index contributed by atoms with van der Waals surface area (Å²) in [6.07, 6.45) is 0. The van der Waals surface area contributed by atoms with Gasteiger partial charge < -0.3 is 15.2 Å². The molecule has 4 heteroatoms. The molecule has 0 fully saturated rings. The van der Waals surface area contributed by atoms with Crippen molar-refractivity contribution in [3.05, 3.63) is 29.3 Å². The van der Waals surface area contributed by atoms with Crippen molar-refractivity contribution in [2.24, 2.45) is 5.73 Å². The monoisotopic (exact) mass is 249 g/mol. The fourth-order valence-corrected chi connectivity index (χ4v) is 1.94. The van der Waals surface area contributed by atoms with Crippen LogP contribution in [0.2, 0.25) is 0 Å². The Morgan fingerprint density at radius 2 is 2.22 bits per heavy atom. The molecule has 0 radical (unpaired) electrons. The third-order valence-corrected chi connectivity index (χ3v) is 2.81. The largest absolute Gasteiger partial charge is 0.493 e. The fourth-order valence-electron chi connectivity index (χ4n) is 1.94. The summed E-state index contributed by atoms with van der Waals surface area (Å²) in [5, 5.41) is 0. The summed E-state index contributed by atoms with van der Waals surface area (Å²) in [7, 11) is 0. The van der Waals surface area contributed by atoms with Crippen molar-refractivity contribution in [1.29, 1.82) is 0 Å². The van der Waals surface area contributed by atoms with Crippen LogP contribution in [0.1, 0.15) is 42.6 Å². The van der Waals surface area contributed by atoms with Gasteiger partial charge in [0.1, 0.15) is 11.4 Å². The quantitative estimate of drug-likeness (QED) is 0.815.